The van der Waals surface area contributed by atoms with Gasteiger partial charge in [0.2, 0.25) is 5.91 Å². The monoisotopic (exact) mass is 268 g/mol. The van der Waals surface area contributed by atoms with Crippen molar-refractivity contribution in [1.82, 2.24) is 9.80 Å². The number of carbonyl (C=O) groups excluding carboxylic acids is 1. The zero-order valence-electron chi connectivity index (χ0n) is 11.9. The van der Waals surface area contributed by atoms with E-state index >= 15 is 0 Å². The molecule has 1 fully saturated rings. The highest BCUT2D eigenvalue weighted by Crippen LogP contribution is 2.16. The van der Waals surface area contributed by atoms with E-state index < -0.39 is 0 Å². The number of amides is 1. The Labute approximate surface area is 119 Å². The van der Waals surface area contributed by atoms with E-state index in [2.05, 4.69) is 42.3 Å². The third-order valence-corrected chi connectivity index (χ3v) is 4.03. The van der Waals surface area contributed by atoms with Crippen LogP contribution < -0.4 is 0 Å². The number of hydrogen-bond acceptors (Lipinski definition) is 2. The molecule has 2 aromatic carbocycles. The lowest BCUT2D eigenvalue weighted by Crippen LogP contribution is -2.47. The zero-order valence-corrected chi connectivity index (χ0v) is 11.9. The predicted molar refractivity (Wildman–Crippen MR) is 81.7 cm³/mol. The fourth-order valence-corrected chi connectivity index (χ4v) is 2.69. The summed E-state index contributed by atoms with van der Waals surface area (Å²) in [4.78, 5) is 16.6. The maximum atomic E-state index is 12.3. The van der Waals surface area contributed by atoms with Crippen molar-refractivity contribution in [2.75, 3.05) is 33.2 Å². The van der Waals surface area contributed by atoms with Crippen LogP contribution in [-0.2, 0) is 11.2 Å². The van der Waals surface area contributed by atoms with Gasteiger partial charge in [0, 0.05) is 26.2 Å². The second-order valence-electron chi connectivity index (χ2n) is 5.54. The lowest BCUT2D eigenvalue weighted by atomic mass is 10.0. The number of carbonyl (C=O) groups is 1. The Balaban J connectivity index is 1.71. The van der Waals surface area contributed by atoms with Gasteiger partial charge in [-0.25, -0.2) is 0 Å². The van der Waals surface area contributed by atoms with Crippen molar-refractivity contribution in [2.24, 2.45) is 0 Å². The summed E-state index contributed by atoms with van der Waals surface area (Å²) in [6.45, 7) is 3.65. The van der Waals surface area contributed by atoms with Crippen LogP contribution in [-0.4, -0.2) is 48.9 Å². The number of hydrogen-bond donors (Lipinski definition) is 0. The molecule has 1 aliphatic rings. The lowest BCUT2D eigenvalue weighted by Gasteiger charge is -2.32. The van der Waals surface area contributed by atoms with Crippen LogP contribution in [0.4, 0.5) is 0 Å². The van der Waals surface area contributed by atoms with Gasteiger partial charge in [-0.1, -0.05) is 42.5 Å². The predicted octanol–water partition coefficient (Wildman–Crippen LogP) is 2.16. The quantitative estimate of drug-likeness (QED) is 0.833. The second-order valence-corrected chi connectivity index (χ2v) is 5.54. The van der Waals surface area contributed by atoms with Crippen molar-refractivity contribution >= 4 is 16.7 Å². The first-order chi connectivity index (χ1) is 9.72. The Hall–Kier alpha value is -1.87. The van der Waals surface area contributed by atoms with Crippen LogP contribution in [0.5, 0.6) is 0 Å². The van der Waals surface area contributed by atoms with Gasteiger partial charge in [-0.3, -0.25) is 4.79 Å². The Morgan fingerprint density at radius 1 is 1.00 bits per heavy atom. The van der Waals surface area contributed by atoms with Crippen molar-refractivity contribution in [3.05, 3.63) is 48.0 Å². The summed E-state index contributed by atoms with van der Waals surface area (Å²) < 4.78 is 0. The number of fused-ring (bicyclic) bond motifs is 1. The Kier molecular flexibility index (Phi) is 3.70. The molecule has 0 unspecified atom stereocenters. The van der Waals surface area contributed by atoms with Crippen LogP contribution in [0.2, 0.25) is 0 Å². The summed E-state index contributed by atoms with van der Waals surface area (Å²) in [5, 5.41) is 2.43. The standard InChI is InChI=1S/C17H20N2O/c1-18-8-10-19(11-9-18)17(20)13-14-6-7-15-4-2-3-5-16(15)12-14/h2-7,12H,8-11,13H2,1H3. The molecule has 0 radical (unpaired) electrons. The number of nitrogens with zero attached hydrogens (tertiary/aromatic N) is 2. The van der Waals surface area contributed by atoms with Crippen molar-refractivity contribution < 1.29 is 4.79 Å². The number of benzene rings is 2. The SMILES string of the molecule is CN1CCN(C(=O)Cc2ccc3ccccc3c2)CC1. The van der Waals surface area contributed by atoms with E-state index in [1.807, 2.05) is 17.0 Å². The van der Waals surface area contributed by atoms with Gasteiger partial charge in [-0.2, -0.15) is 0 Å². The third kappa shape index (κ3) is 2.83. The number of piperazine rings is 1. The van der Waals surface area contributed by atoms with Gasteiger partial charge in [-0.05, 0) is 23.4 Å². The summed E-state index contributed by atoms with van der Waals surface area (Å²) in [6, 6.07) is 14.6. The maximum Gasteiger partial charge on any atom is 0.227 e. The first kappa shape index (κ1) is 13.1. The molecule has 1 saturated heterocycles. The van der Waals surface area contributed by atoms with Crippen molar-refractivity contribution in [3.63, 3.8) is 0 Å². The first-order valence-corrected chi connectivity index (χ1v) is 7.16. The molecule has 3 rings (SSSR count). The van der Waals surface area contributed by atoms with E-state index in [1.165, 1.54) is 10.8 Å². The molecular formula is C17H20N2O. The summed E-state index contributed by atoms with van der Waals surface area (Å²) in [6.07, 6.45) is 0.508. The third-order valence-electron chi connectivity index (χ3n) is 4.03. The van der Waals surface area contributed by atoms with Gasteiger partial charge in [0.1, 0.15) is 0 Å². The van der Waals surface area contributed by atoms with Crippen molar-refractivity contribution in [1.29, 1.82) is 0 Å². The van der Waals surface area contributed by atoms with Crippen LogP contribution in [0.15, 0.2) is 42.5 Å². The molecule has 0 N–H and O–H groups in total. The first-order valence-electron chi connectivity index (χ1n) is 7.16. The van der Waals surface area contributed by atoms with Crippen LogP contribution in [0.1, 0.15) is 5.56 Å². The lowest BCUT2D eigenvalue weighted by molar-refractivity contribution is -0.132. The summed E-state index contributed by atoms with van der Waals surface area (Å²) in [7, 11) is 2.10. The van der Waals surface area contributed by atoms with Gasteiger partial charge >= 0.3 is 0 Å². The Morgan fingerprint density at radius 2 is 1.70 bits per heavy atom. The fourth-order valence-electron chi connectivity index (χ4n) is 2.69. The molecule has 1 heterocycles. The molecule has 0 aliphatic carbocycles. The van der Waals surface area contributed by atoms with E-state index in [9.17, 15) is 4.79 Å². The molecule has 0 spiro atoms. The zero-order chi connectivity index (χ0) is 13.9. The minimum atomic E-state index is 0.244. The van der Waals surface area contributed by atoms with Gasteiger partial charge < -0.3 is 9.80 Å². The van der Waals surface area contributed by atoms with E-state index in [0.29, 0.717) is 6.42 Å². The summed E-state index contributed by atoms with van der Waals surface area (Å²) in [5.41, 5.74) is 1.10. The molecule has 0 saturated carbocycles. The molecule has 0 bridgehead atoms. The Bertz CT molecular complexity index is 615. The van der Waals surface area contributed by atoms with E-state index in [4.69, 9.17) is 0 Å². The molecule has 0 aromatic heterocycles. The van der Waals surface area contributed by atoms with Gasteiger partial charge in [0.25, 0.3) is 0 Å². The van der Waals surface area contributed by atoms with E-state index in [1.54, 1.807) is 0 Å². The molecule has 20 heavy (non-hydrogen) atoms. The number of likely N-dealkylation sites (N-methyl/N-ethyl adjacent to an activating group) is 1. The van der Waals surface area contributed by atoms with E-state index in [-0.39, 0.29) is 5.91 Å². The topological polar surface area (TPSA) is 23.6 Å². The molecule has 1 aliphatic heterocycles. The van der Waals surface area contributed by atoms with Crippen LogP contribution in [0.25, 0.3) is 10.8 Å². The van der Waals surface area contributed by atoms with E-state index in [0.717, 1.165) is 31.7 Å². The average Bonchev–Trinajstić information content (AvgIpc) is 2.48. The normalized spacial score (nSPS) is 16.6. The smallest absolute Gasteiger partial charge is 0.227 e. The largest absolute Gasteiger partial charge is 0.340 e. The van der Waals surface area contributed by atoms with Crippen LogP contribution in [0, 0.1) is 0 Å². The van der Waals surface area contributed by atoms with Crippen molar-refractivity contribution in [3.8, 4) is 0 Å². The maximum absolute atomic E-state index is 12.3. The number of rotatable bonds is 2. The molecule has 1 amide bonds. The highest BCUT2D eigenvalue weighted by Gasteiger charge is 2.18. The molecule has 3 nitrogen and oxygen atoms in total. The molecule has 3 heteroatoms. The van der Waals surface area contributed by atoms with Gasteiger partial charge in [-0.15, -0.1) is 0 Å². The van der Waals surface area contributed by atoms with Crippen LogP contribution >= 0.6 is 0 Å². The Morgan fingerprint density at radius 3 is 2.45 bits per heavy atom. The summed E-state index contributed by atoms with van der Waals surface area (Å²) >= 11 is 0. The molecule has 104 valence electrons. The second kappa shape index (κ2) is 5.63. The van der Waals surface area contributed by atoms with Crippen molar-refractivity contribution in [2.45, 2.75) is 6.42 Å². The fraction of sp³-hybridized carbons (Fsp3) is 0.353. The molecule has 2 aromatic rings. The molecular weight excluding hydrogens is 248 g/mol. The highest BCUT2D eigenvalue weighted by atomic mass is 16.2. The average molecular weight is 268 g/mol. The van der Waals surface area contributed by atoms with Gasteiger partial charge in [0.05, 0.1) is 6.42 Å². The minimum Gasteiger partial charge on any atom is -0.340 e. The summed E-state index contributed by atoms with van der Waals surface area (Å²) in [5.74, 6) is 0.244. The highest BCUT2D eigenvalue weighted by molar-refractivity contribution is 5.85. The minimum absolute atomic E-state index is 0.244. The van der Waals surface area contributed by atoms with Crippen LogP contribution in [0.3, 0.4) is 0 Å². The molecule has 0 atom stereocenters. The van der Waals surface area contributed by atoms with Gasteiger partial charge in [0.15, 0.2) is 0 Å².